The molecule has 3 N–H and O–H groups in total. The zero-order valence-corrected chi connectivity index (χ0v) is 6.27. The van der Waals surface area contributed by atoms with Crippen molar-refractivity contribution >= 4 is 0 Å². The quantitative estimate of drug-likeness (QED) is 0.602. The van der Waals surface area contributed by atoms with Gasteiger partial charge in [-0.25, -0.2) is 5.90 Å². The molecule has 3 nitrogen and oxygen atoms in total. The van der Waals surface area contributed by atoms with E-state index < -0.39 is 0 Å². The largest absolute Gasteiger partial charge is 0.362 e. The van der Waals surface area contributed by atoms with E-state index in [0.29, 0.717) is 6.61 Å². The number of aromatic nitrogens is 1. The number of rotatable bonds is 2. The van der Waals surface area contributed by atoms with Gasteiger partial charge in [-0.3, -0.25) is 4.84 Å². The highest BCUT2D eigenvalue weighted by atomic mass is 16.6. The van der Waals surface area contributed by atoms with Crippen LogP contribution in [0.1, 0.15) is 17.0 Å². The molecule has 56 valence electrons. The summed E-state index contributed by atoms with van der Waals surface area (Å²) < 4.78 is 0. The predicted octanol–water partition coefficient (Wildman–Crippen LogP) is 1.02. The Balaban J connectivity index is 2.81. The third-order valence-electron chi connectivity index (χ3n) is 1.50. The molecule has 3 heteroatoms. The third kappa shape index (κ3) is 1.37. The summed E-state index contributed by atoms with van der Waals surface area (Å²) in [7, 11) is 0. The van der Waals surface area contributed by atoms with Crippen LogP contribution in [0, 0.1) is 13.8 Å². The molecule has 0 aromatic carbocycles. The lowest BCUT2D eigenvalue weighted by Crippen LogP contribution is -1.98. The monoisotopic (exact) mass is 140 g/mol. The Labute approximate surface area is 60.1 Å². The van der Waals surface area contributed by atoms with Crippen LogP contribution in [0.15, 0.2) is 6.07 Å². The first kappa shape index (κ1) is 7.31. The summed E-state index contributed by atoms with van der Waals surface area (Å²) in [6.45, 7) is 4.49. The van der Waals surface area contributed by atoms with Gasteiger partial charge in [0.1, 0.15) is 0 Å². The van der Waals surface area contributed by atoms with Gasteiger partial charge in [-0.1, -0.05) is 0 Å². The van der Waals surface area contributed by atoms with Crippen LogP contribution in [-0.2, 0) is 11.4 Å². The smallest absolute Gasteiger partial charge is 0.0947 e. The fourth-order valence-corrected chi connectivity index (χ4v) is 1.02. The average Bonchev–Trinajstić information content (AvgIpc) is 2.13. The second-order valence-electron chi connectivity index (χ2n) is 2.41. The maximum atomic E-state index is 4.92. The Morgan fingerprint density at radius 1 is 1.60 bits per heavy atom. The van der Waals surface area contributed by atoms with Crippen LogP contribution in [0.2, 0.25) is 0 Å². The fourth-order valence-electron chi connectivity index (χ4n) is 1.02. The summed E-state index contributed by atoms with van der Waals surface area (Å²) in [6.07, 6.45) is 0. The van der Waals surface area contributed by atoms with Gasteiger partial charge < -0.3 is 4.98 Å². The Hall–Kier alpha value is -0.800. The van der Waals surface area contributed by atoms with E-state index in [4.69, 9.17) is 5.90 Å². The Morgan fingerprint density at radius 3 is 2.70 bits per heavy atom. The van der Waals surface area contributed by atoms with E-state index in [1.807, 2.05) is 19.9 Å². The molecular formula is C7H12N2O. The minimum Gasteiger partial charge on any atom is -0.362 e. The van der Waals surface area contributed by atoms with Crippen LogP contribution < -0.4 is 5.90 Å². The van der Waals surface area contributed by atoms with Crippen molar-refractivity contribution in [2.75, 3.05) is 0 Å². The molecule has 0 atom stereocenters. The highest BCUT2D eigenvalue weighted by Crippen LogP contribution is 2.08. The van der Waals surface area contributed by atoms with Crippen LogP contribution in [0.5, 0.6) is 0 Å². The van der Waals surface area contributed by atoms with Gasteiger partial charge in [-0.2, -0.15) is 0 Å². The lowest BCUT2D eigenvalue weighted by atomic mass is 10.3. The SMILES string of the molecule is Cc1cc(CON)c(C)[nH]1. The van der Waals surface area contributed by atoms with Gasteiger partial charge in [-0.05, 0) is 19.9 Å². The predicted molar refractivity (Wildman–Crippen MR) is 39.2 cm³/mol. The van der Waals surface area contributed by atoms with E-state index in [9.17, 15) is 0 Å². The molecule has 0 aliphatic heterocycles. The molecule has 0 saturated carbocycles. The lowest BCUT2D eigenvalue weighted by Gasteiger charge is -1.94. The molecule has 1 aromatic heterocycles. The average molecular weight is 140 g/mol. The zero-order chi connectivity index (χ0) is 7.56. The summed E-state index contributed by atoms with van der Waals surface area (Å²) in [5.41, 5.74) is 3.40. The first-order chi connectivity index (χ1) is 4.74. The van der Waals surface area contributed by atoms with Gasteiger partial charge in [0, 0.05) is 17.0 Å². The standard InChI is InChI=1S/C7H12N2O/c1-5-3-7(4-10-8)6(2)9-5/h3,9H,4,8H2,1-2H3. The summed E-state index contributed by atoms with van der Waals surface area (Å²) in [5.74, 6) is 4.92. The molecule has 0 spiro atoms. The maximum absolute atomic E-state index is 4.92. The van der Waals surface area contributed by atoms with Crippen LogP contribution in [0.4, 0.5) is 0 Å². The molecule has 0 amide bonds. The number of aromatic amines is 1. The second kappa shape index (κ2) is 2.86. The second-order valence-corrected chi connectivity index (χ2v) is 2.41. The van der Waals surface area contributed by atoms with E-state index in [-0.39, 0.29) is 0 Å². The van der Waals surface area contributed by atoms with Crippen LogP contribution in [-0.4, -0.2) is 4.98 Å². The van der Waals surface area contributed by atoms with Crippen molar-refractivity contribution in [3.8, 4) is 0 Å². The van der Waals surface area contributed by atoms with Crippen molar-refractivity contribution in [3.63, 3.8) is 0 Å². The molecule has 0 fully saturated rings. The topological polar surface area (TPSA) is 51.0 Å². The van der Waals surface area contributed by atoms with Crippen molar-refractivity contribution in [2.45, 2.75) is 20.5 Å². The lowest BCUT2D eigenvalue weighted by molar-refractivity contribution is 0.124. The minimum atomic E-state index is 0.482. The van der Waals surface area contributed by atoms with Gasteiger partial charge in [-0.15, -0.1) is 0 Å². The Bertz CT molecular complexity index is 217. The molecule has 0 unspecified atom stereocenters. The van der Waals surface area contributed by atoms with Crippen LogP contribution >= 0.6 is 0 Å². The number of hydrogen-bond donors (Lipinski definition) is 2. The number of nitrogens with one attached hydrogen (secondary N) is 1. The van der Waals surface area contributed by atoms with Crippen LogP contribution in [0.25, 0.3) is 0 Å². The van der Waals surface area contributed by atoms with Crippen molar-refractivity contribution in [1.82, 2.24) is 4.98 Å². The molecule has 1 heterocycles. The summed E-state index contributed by atoms with van der Waals surface area (Å²) in [4.78, 5) is 7.66. The highest BCUT2D eigenvalue weighted by Gasteiger charge is 1.99. The number of aryl methyl sites for hydroxylation is 2. The molecule has 0 aliphatic rings. The third-order valence-corrected chi connectivity index (χ3v) is 1.50. The molecule has 1 rings (SSSR count). The zero-order valence-electron chi connectivity index (χ0n) is 6.27. The van der Waals surface area contributed by atoms with E-state index in [0.717, 1.165) is 17.0 Å². The maximum Gasteiger partial charge on any atom is 0.0947 e. The van der Waals surface area contributed by atoms with E-state index in [2.05, 4.69) is 9.82 Å². The molecule has 0 radical (unpaired) electrons. The van der Waals surface area contributed by atoms with E-state index in [1.165, 1.54) is 0 Å². The fraction of sp³-hybridized carbons (Fsp3) is 0.429. The van der Waals surface area contributed by atoms with Gasteiger partial charge >= 0.3 is 0 Å². The molecule has 1 aromatic rings. The van der Waals surface area contributed by atoms with Gasteiger partial charge in [0.25, 0.3) is 0 Å². The van der Waals surface area contributed by atoms with Crippen LogP contribution in [0.3, 0.4) is 0 Å². The van der Waals surface area contributed by atoms with E-state index >= 15 is 0 Å². The van der Waals surface area contributed by atoms with E-state index in [1.54, 1.807) is 0 Å². The van der Waals surface area contributed by atoms with Crippen molar-refractivity contribution in [3.05, 3.63) is 23.0 Å². The first-order valence-corrected chi connectivity index (χ1v) is 3.21. The van der Waals surface area contributed by atoms with Gasteiger partial charge in [0.05, 0.1) is 6.61 Å². The van der Waals surface area contributed by atoms with Crippen molar-refractivity contribution in [1.29, 1.82) is 0 Å². The Morgan fingerprint density at radius 2 is 2.30 bits per heavy atom. The van der Waals surface area contributed by atoms with Gasteiger partial charge in [0.2, 0.25) is 0 Å². The number of H-pyrrole nitrogens is 1. The molecule has 0 bridgehead atoms. The molecule has 10 heavy (non-hydrogen) atoms. The highest BCUT2D eigenvalue weighted by molar-refractivity contribution is 5.23. The van der Waals surface area contributed by atoms with Crippen molar-refractivity contribution in [2.24, 2.45) is 5.90 Å². The normalized spacial score (nSPS) is 10.3. The number of nitrogens with two attached hydrogens (primary N) is 1. The van der Waals surface area contributed by atoms with Crippen molar-refractivity contribution < 1.29 is 4.84 Å². The first-order valence-electron chi connectivity index (χ1n) is 3.21. The Kier molecular flexibility index (Phi) is 2.09. The molecular weight excluding hydrogens is 128 g/mol. The van der Waals surface area contributed by atoms with Gasteiger partial charge in [0.15, 0.2) is 0 Å². The summed E-state index contributed by atoms with van der Waals surface area (Å²) in [6, 6.07) is 2.03. The molecule has 0 saturated heterocycles. The minimum absolute atomic E-state index is 0.482. The molecule has 0 aliphatic carbocycles. The number of hydrogen-bond acceptors (Lipinski definition) is 2. The summed E-state index contributed by atoms with van der Waals surface area (Å²) >= 11 is 0. The summed E-state index contributed by atoms with van der Waals surface area (Å²) in [5, 5.41) is 0.